The summed E-state index contributed by atoms with van der Waals surface area (Å²) in [5.74, 6) is 0.851. The fourth-order valence-corrected chi connectivity index (χ4v) is 7.74. The lowest BCUT2D eigenvalue weighted by Gasteiger charge is -2.54. The van der Waals surface area contributed by atoms with Crippen LogP contribution in [-0.4, -0.2) is 68.1 Å². The molecular formula is C32H38N8O. The highest BCUT2D eigenvalue weighted by Crippen LogP contribution is 2.49. The van der Waals surface area contributed by atoms with Crippen LogP contribution in [0.25, 0.3) is 33.3 Å². The maximum Gasteiger partial charge on any atom is 0.219 e. The van der Waals surface area contributed by atoms with Gasteiger partial charge in [-0.3, -0.25) is 19.1 Å². The maximum atomic E-state index is 12.3. The summed E-state index contributed by atoms with van der Waals surface area (Å²) < 4.78 is 4.39. The molecule has 1 aromatic carbocycles. The Hall–Kier alpha value is -3.56. The fourth-order valence-electron chi connectivity index (χ4n) is 7.74. The third-order valence-electron chi connectivity index (χ3n) is 10.0. The third kappa shape index (κ3) is 4.37. The van der Waals surface area contributed by atoms with Crippen molar-refractivity contribution in [1.82, 2.24) is 40.1 Å². The Balaban J connectivity index is 1.11. The van der Waals surface area contributed by atoms with E-state index in [1.807, 2.05) is 17.3 Å². The van der Waals surface area contributed by atoms with Gasteiger partial charge in [0.15, 0.2) is 0 Å². The molecule has 6 heterocycles. The molecule has 1 amide bonds. The SMILES string of the molecule is CC(=O)N1CCc2c(c(-c3cccc4cc(-c5cnn(CC6CC7(CNC7)C6)c5)ncc34)nn2C2CCNCC2)C1. The zero-order chi connectivity index (χ0) is 27.6. The summed E-state index contributed by atoms with van der Waals surface area (Å²) in [4.78, 5) is 19.2. The van der Waals surface area contributed by atoms with Gasteiger partial charge in [0, 0.05) is 86.2 Å². The van der Waals surface area contributed by atoms with Gasteiger partial charge in [0.2, 0.25) is 5.91 Å². The Kier molecular flexibility index (Phi) is 6.00. The minimum Gasteiger partial charge on any atom is -0.338 e. The van der Waals surface area contributed by atoms with Crippen molar-refractivity contribution in [2.45, 2.75) is 58.2 Å². The minimum atomic E-state index is 0.123. The Labute approximate surface area is 240 Å². The van der Waals surface area contributed by atoms with E-state index in [1.54, 1.807) is 6.92 Å². The smallest absolute Gasteiger partial charge is 0.219 e. The van der Waals surface area contributed by atoms with Crippen LogP contribution >= 0.6 is 0 Å². The van der Waals surface area contributed by atoms with Crippen LogP contribution in [0.2, 0.25) is 0 Å². The quantitative estimate of drug-likeness (QED) is 0.393. The van der Waals surface area contributed by atoms with Gasteiger partial charge in [-0.25, -0.2) is 0 Å². The molecule has 2 saturated heterocycles. The number of nitrogens with one attached hydrogen (secondary N) is 2. The Morgan fingerprint density at radius 2 is 1.98 bits per heavy atom. The Morgan fingerprint density at radius 3 is 2.76 bits per heavy atom. The molecule has 3 aromatic heterocycles. The van der Waals surface area contributed by atoms with Gasteiger partial charge in [-0.05, 0) is 61.6 Å². The van der Waals surface area contributed by atoms with Crippen LogP contribution in [0.1, 0.15) is 49.9 Å². The first-order valence-electron chi connectivity index (χ1n) is 15.2. The highest BCUT2D eigenvalue weighted by atomic mass is 16.2. The summed E-state index contributed by atoms with van der Waals surface area (Å²) in [6.45, 7) is 8.44. The number of carbonyl (C=O) groups excluding carboxylic acids is 1. The van der Waals surface area contributed by atoms with E-state index in [0.717, 1.165) is 84.6 Å². The molecule has 4 aliphatic rings. The number of pyridine rings is 1. The summed E-state index contributed by atoms with van der Waals surface area (Å²) in [5.41, 5.74) is 7.17. The second kappa shape index (κ2) is 9.77. The van der Waals surface area contributed by atoms with Crippen LogP contribution in [0, 0.1) is 11.3 Å². The Morgan fingerprint density at radius 1 is 1.12 bits per heavy atom. The first kappa shape index (κ1) is 25.2. The number of hydrogen-bond donors (Lipinski definition) is 2. The topological polar surface area (TPSA) is 92.9 Å². The molecule has 41 heavy (non-hydrogen) atoms. The molecule has 9 nitrogen and oxygen atoms in total. The van der Waals surface area contributed by atoms with E-state index >= 15 is 0 Å². The lowest BCUT2D eigenvalue weighted by atomic mass is 9.58. The highest BCUT2D eigenvalue weighted by molar-refractivity contribution is 5.97. The zero-order valence-corrected chi connectivity index (χ0v) is 23.8. The molecule has 0 unspecified atom stereocenters. The summed E-state index contributed by atoms with van der Waals surface area (Å²) in [7, 11) is 0. The van der Waals surface area contributed by atoms with Crippen LogP contribution < -0.4 is 10.6 Å². The lowest BCUT2D eigenvalue weighted by molar-refractivity contribution is -0.129. The van der Waals surface area contributed by atoms with Crippen LogP contribution in [0.3, 0.4) is 0 Å². The number of carbonyl (C=O) groups is 1. The molecule has 0 radical (unpaired) electrons. The molecule has 3 aliphatic heterocycles. The lowest BCUT2D eigenvalue weighted by Crippen LogP contribution is -2.60. The van der Waals surface area contributed by atoms with Crippen LogP contribution in [0.15, 0.2) is 42.9 Å². The van der Waals surface area contributed by atoms with Gasteiger partial charge < -0.3 is 15.5 Å². The number of benzene rings is 1. The maximum absolute atomic E-state index is 12.3. The predicted molar refractivity (Wildman–Crippen MR) is 158 cm³/mol. The molecule has 0 atom stereocenters. The molecule has 1 spiro atoms. The largest absolute Gasteiger partial charge is 0.338 e. The van der Waals surface area contributed by atoms with Gasteiger partial charge in [-0.2, -0.15) is 10.2 Å². The monoisotopic (exact) mass is 550 g/mol. The van der Waals surface area contributed by atoms with Crippen LogP contribution in [-0.2, 0) is 24.3 Å². The van der Waals surface area contributed by atoms with Gasteiger partial charge in [0.1, 0.15) is 0 Å². The molecule has 4 aromatic rings. The van der Waals surface area contributed by atoms with Gasteiger partial charge in [0.25, 0.3) is 0 Å². The van der Waals surface area contributed by atoms with E-state index in [-0.39, 0.29) is 5.91 Å². The van der Waals surface area contributed by atoms with Crippen molar-refractivity contribution < 1.29 is 4.79 Å². The molecule has 212 valence electrons. The van der Waals surface area contributed by atoms with E-state index < -0.39 is 0 Å². The molecule has 2 N–H and O–H groups in total. The van der Waals surface area contributed by atoms with E-state index in [0.29, 0.717) is 18.0 Å². The number of fused-ring (bicyclic) bond motifs is 2. The zero-order valence-electron chi connectivity index (χ0n) is 23.8. The van der Waals surface area contributed by atoms with Gasteiger partial charge in [-0.1, -0.05) is 18.2 Å². The fraction of sp³-hybridized carbons (Fsp3) is 0.500. The van der Waals surface area contributed by atoms with Gasteiger partial charge in [0.05, 0.1) is 23.6 Å². The van der Waals surface area contributed by atoms with Crippen molar-refractivity contribution in [3.8, 4) is 22.5 Å². The van der Waals surface area contributed by atoms with Crippen molar-refractivity contribution in [2.75, 3.05) is 32.7 Å². The normalized spacial score (nSPS) is 20.7. The molecule has 3 fully saturated rings. The molecule has 1 saturated carbocycles. The number of hydrogen-bond acceptors (Lipinski definition) is 6. The summed E-state index contributed by atoms with van der Waals surface area (Å²) in [6.07, 6.45) is 11.7. The van der Waals surface area contributed by atoms with Crippen LogP contribution in [0.5, 0.6) is 0 Å². The predicted octanol–water partition coefficient (Wildman–Crippen LogP) is 3.79. The van der Waals surface area contributed by atoms with Crippen molar-refractivity contribution in [1.29, 1.82) is 0 Å². The number of amides is 1. The molecule has 9 heteroatoms. The molecule has 0 bridgehead atoms. The number of aromatic nitrogens is 5. The average Bonchev–Trinajstić information content (AvgIpc) is 3.58. The number of nitrogens with zero attached hydrogens (tertiary/aromatic N) is 6. The highest BCUT2D eigenvalue weighted by Gasteiger charge is 2.48. The van der Waals surface area contributed by atoms with Gasteiger partial charge in [-0.15, -0.1) is 0 Å². The summed E-state index contributed by atoms with van der Waals surface area (Å²) in [6, 6.07) is 9.01. The van der Waals surface area contributed by atoms with E-state index in [9.17, 15) is 4.79 Å². The van der Waals surface area contributed by atoms with Crippen LogP contribution in [0.4, 0.5) is 0 Å². The summed E-state index contributed by atoms with van der Waals surface area (Å²) in [5, 5.41) is 19.1. The van der Waals surface area contributed by atoms with E-state index in [1.165, 1.54) is 37.2 Å². The van der Waals surface area contributed by atoms with Crippen molar-refractivity contribution >= 4 is 16.7 Å². The first-order valence-corrected chi connectivity index (χ1v) is 15.2. The number of rotatable bonds is 5. The second-order valence-corrected chi connectivity index (χ2v) is 12.8. The van der Waals surface area contributed by atoms with Crippen molar-refractivity contribution in [3.05, 3.63) is 54.1 Å². The Bertz CT molecular complexity index is 1620. The van der Waals surface area contributed by atoms with Crippen molar-refractivity contribution in [2.24, 2.45) is 11.3 Å². The molecule has 1 aliphatic carbocycles. The second-order valence-electron chi connectivity index (χ2n) is 12.8. The first-order chi connectivity index (χ1) is 20.1. The third-order valence-corrected chi connectivity index (χ3v) is 10.0. The van der Waals surface area contributed by atoms with Gasteiger partial charge >= 0.3 is 0 Å². The average molecular weight is 551 g/mol. The molecular weight excluding hydrogens is 512 g/mol. The molecule has 8 rings (SSSR count). The van der Waals surface area contributed by atoms with E-state index in [2.05, 4.69) is 55.6 Å². The number of piperidine rings is 1. The standard InChI is InChI=1S/C32H38N8O/c1-21(41)38-10-7-30-28(18-38)31(37-40(30)25-5-8-33-9-6-25)26-4-2-3-23-11-29(35-15-27(23)26)24-14-36-39(17-24)16-22-12-32(13-22)19-34-20-32/h2-4,11,14-15,17,22,25,33-34H,5-10,12-13,16,18-20H2,1H3. The minimum absolute atomic E-state index is 0.123. The van der Waals surface area contributed by atoms with E-state index in [4.69, 9.17) is 10.1 Å². The summed E-state index contributed by atoms with van der Waals surface area (Å²) >= 11 is 0. The van der Waals surface area contributed by atoms with Crippen molar-refractivity contribution in [3.63, 3.8) is 0 Å².